The Kier molecular flexibility index (Phi) is 4.56. The van der Waals surface area contributed by atoms with E-state index in [1.165, 1.54) is 0 Å². The topological polar surface area (TPSA) is 79.2 Å². The van der Waals surface area contributed by atoms with E-state index in [-0.39, 0.29) is 0 Å². The van der Waals surface area contributed by atoms with Crippen molar-refractivity contribution in [3.05, 3.63) is 17.8 Å². The molecule has 0 saturated carbocycles. The van der Waals surface area contributed by atoms with Gasteiger partial charge in [-0.15, -0.1) is 0 Å². The maximum Gasteiger partial charge on any atom is 0.496 e. The third-order valence-electron chi connectivity index (χ3n) is 5.19. The average molecular weight is 328 g/mol. The van der Waals surface area contributed by atoms with Crippen molar-refractivity contribution in [2.75, 3.05) is 18.4 Å². The molecule has 3 rings (SSSR count). The fourth-order valence-electron chi connectivity index (χ4n) is 2.96. The van der Waals surface area contributed by atoms with Crippen LogP contribution in [0, 0.1) is 11.3 Å². The molecule has 0 radical (unpaired) electrons. The Hall–Kier alpha value is -1.62. The molecule has 0 aromatic carbocycles. The Morgan fingerprint density at radius 3 is 2.62 bits per heavy atom. The number of nitrogens with zero attached hydrogens (tertiary/aromatic N) is 2. The molecule has 6 nitrogen and oxygen atoms in total. The van der Waals surface area contributed by atoms with Crippen molar-refractivity contribution in [1.82, 2.24) is 10.3 Å². The number of anilines is 1. The summed E-state index contributed by atoms with van der Waals surface area (Å²) < 4.78 is 12.1. The number of hydrogen-bond donors (Lipinski definition) is 2. The smallest absolute Gasteiger partial charge is 0.399 e. The number of nitriles is 1. The van der Waals surface area contributed by atoms with E-state index >= 15 is 0 Å². The largest absolute Gasteiger partial charge is 0.496 e. The number of hydrogen-bond acceptors (Lipinski definition) is 6. The van der Waals surface area contributed by atoms with E-state index in [4.69, 9.17) is 9.31 Å². The number of piperidine rings is 1. The second kappa shape index (κ2) is 6.36. The number of pyridine rings is 1. The summed E-state index contributed by atoms with van der Waals surface area (Å²) in [6, 6.07) is 4.35. The fourth-order valence-corrected chi connectivity index (χ4v) is 2.96. The first kappa shape index (κ1) is 17.2. The molecule has 2 aliphatic rings. The minimum absolute atomic E-state index is 0.307. The van der Waals surface area contributed by atoms with Gasteiger partial charge < -0.3 is 19.9 Å². The first-order chi connectivity index (χ1) is 11.3. The highest BCUT2D eigenvalue weighted by Gasteiger charge is 2.51. The Morgan fingerprint density at radius 2 is 2.04 bits per heavy atom. The van der Waals surface area contributed by atoms with Gasteiger partial charge in [0.2, 0.25) is 0 Å². The highest BCUT2D eigenvalue weighted by Crippen LogP contribution is 2.36. The van der Waals surface area contributed by atoms with Gasteiger partial charge in [-0.2, -0.15) is 5.26 Å². The second-order valence-corrected chi connectivity index (χ2v) is 7.55. The monoisotopic (exact) mass is 328 g/mol. The molecule has 2 aliphatic heterocycles. The van der Waals surface area contributed by atoms with E-state index in [0.717, 1.165) is 31.4 Å². The zero-order valence-corrected chi connectivity index (χ0v) is 14.8. The minimum Gasteiger partial charge on any atom is -0.399 e. The second-order valence-electron chi connectivity index (χ2n) is 7.55. The fraction of sp³-hybridized carbons (Fsp3) is 0.647. The van der Waals surface area contributed by atoms with E-state index < -0.39 is 18.3 Å². The molecule has 0 amide bonds. The first-order valence-corrected chi connectivity index (χ1v) is 8.55. The van der Waals surface area contributed by atoms with Gasteiger partial charge >= 0.3 is 7.12 Å². The SMILES string of the molecule is CC1(C)OB(c2cnc(NC3CCCNC3)c(C#N)c2)OC1(C)C. The molecule has 0 aliphatic carbocycles. The lowest BCUT2D eigenvalue weighted by molar-refractivity contribution is 0.00578. The van der Waals surface area contributed by atoms with Crippen LogP contribution in [0.1, 0.15) is 46.1 Å². The molecule has 1 aromatic heterocycles. The summed E-state index contributed by atoms with van der Waals surface area (Å²) in [7, 11) is -0.500. The summed E-state index contributed by atoms with van der Waals surface area (Å²) in [6.07, 6.45) is 3.95. The van der Waals surface area contributed by atoms with E-state index in [2.05, 4.69) is 21.7 Å². The van der Waals surface area contributed by atoms with E-state index in [1.54, 1.807) is 6.20 Å². The van der Waals surface area contributed by atoms with E-state index in [1.807, 2.05) is 33.8 Å². The van der Waals surface area contributed by atoms with Crippen molar-refractivity contribution < 1.29 is 9.31 Å². The van der Waals surface area contributed by atoms with Crippen LogP contribution in [0.4, 0.5) is 5.82 Å². The molecule has 1 unspecified atom stereocenters. The quantitative estimate of drug-likeness (QED) is 0.817. The Morgan fingerprint density at radius 1 is 1.33 bits per heavy atom. The van der Waals surface area contributed by atoms with Crippen molar-refractivity contribution >= 4 is 18.4 Å². The lowest BCUT2D eigenvalue weighted by Gasteiger charge is -2.32. The van der Waals surface area contributed by atoms with Gasteiger partial charge in [0.15, 0.2) is 0 Å². The molecular formula is C17H25BN4O2. The van der Waals surface area contributed by atoms with Crippen molar-refractivity contribution in [2.24, 2.45) is 0 Å². The molecule has 2 N–H and O–H groups in total. The van der Waals surface area contributed by atoms with Gasteiger partial charge in [-0.25, -0.2) is 4.98 Å². The van der Waals surface area contributed by atoms with Gasteiger partial charge in [0.25, 0.3) is 0 Å². The van der Waals surface area contributed by atoms with Crippen molar-refractivity contribution in [3.63, 3.8) is 0 Å². The maximum absolute atomic E-state index is 9.49. The van der Waals surface area contributed by atoms with Crippen LogP contribution in [0.15, 0.2) is 12.3 Å². The van der Waals surface area contributed by atoms with Gasteiger partial charge in [0.05, 0.1) is 16.8 Å². The molecule has 2 saturated heterocycles. The number of nitrogens with one attached hydrogen (secondary N) is 2. The average Bonchev–Trinajstić information content (AvgIpc) is 2.77. The third-order valence-corrected chi connectivity index (χ3v) is 5.19. The van der Waals surface area contributed by atoms with Crippen molar-refractivity contribution in [2.45, 2.75) is 57.8 Å². The summed E-state index contributed by atoms with van der Waals surface area (Å²) in [5.41, 5.74) is 0.481. The molecule has 3 heterocycles. The van der Waals surface area contributed by atoms with Crippen LogP contribution < -0.4 is 16.1 Å². The Balaban J connectivity index is 1.78. The molecule has 2 fully saturated rings. The Labute approximate surface area is 144 Å². The van der Waals surface area contributed by atoms with Crippen LogP contribution in [0.5, 0.6) is 0 Å². The van der Waals surface area contributed by atoms with Crippen LogP contribution in [-0.2, 0) is 9.31 Å². The zero-order valence-electron chi connectivity index (χ0n) is 14.8. The van der Waals surface area contributed by atoms with Crippen LogP contribution in [-0.4, -0.2) is 42.4 Å². The van der Waals surface area contributed by atoms with Crippen molar-refractivity contribution in [3.8, 4) is 6.07 Å². The highest BCUT2D eigenvalue weighted by atomic mass is 16.7. The molecule has 7 heteroatoms. The van der Waals surface area contributed by atoms with Crippen LogP contribution >= 0.6 is 0 Å². The number of rotatable bonds is 3. The summed E-state index contributed by atoms with van der Waals surface area (Å²) in [5, 5.41) is 16.2. The molecular weight excluding hydrogens is 303 g/mol. The first-order valence-electron chi connectivity index (χ1n) is 8.55. The number of aromatic nitrogens is 1. The van der Waals surface area contributed by atoms with Crippen LogP contribution in [0.3, 0.4) is 0 Å². The maximum atomic E-state index is 9.49. The highest BCUT2D eigenvalue weighted by molar-refractivity contribution is 6.62. The molecule has 128 valence electrons. The summed E-state index contributed by atoms with van der Waals surface area (Å²) in [4.78, 5) is 4.46. The lowest BCUT2D eigenvalue weighted by Crippen LogP contribution is -2.41. The third kappa shape index (κ3) is 3.27. The minimum atomic E-state index is -0.500. The van der Waals surface area contributed by atoms with Crippen LogP contribution in [0.25, 0.3) is 0 Å². The Bertz CT molecular complexity index is 634. The predicted octanol–water partition coefficient (Wildman–Crippen LogP) is 1.42. The molecule has 0 spiro atoms. The van der Waals surface area contributed by atoms with Gasteiger partial charge in [0.1, 0.15) is 11.9 Å². The van der Waals surface area contributed by atoms with Gasteiger partial charge in [0, 0.05) is 24.2 Å². The normalized spacial score (nSPS) is 25.3. The van der Waals surface area contributed by atoms with Gasteiger partial charge in [-0.05, 0) is 53.1 Å². The van der Waals surface area contributed by atoms with Gasteiger partial charge in [-0.1, -0.05) is 0 Å². The van der Waals surface area contributed by atoms with E-state index in [0.29, 0.717) is 17.4 Å². The van der Waals surface area contributed by atoms with Gasteiger partial charge in [-0.3, -0.25) is 0 Å². The molecule has 1 atom stereocenters. The van der Waals surface area contributed by atoms with E-state index in [9.17, 15) is 5.26 Å². The van der Waals surface area contributed by atoms with Crippen molar-refractivity contribution in [1.29, 1.82) is 5.26 Å². The molecule has 24 heavy (non-hydrogen) atoms. The summed E-state index contributed by atoms with van der Waals surface area (Å²) in [5.74, 6) is 0.631. The van der Waals surface area contributed by atoms with Crippen LogP contribution in [0.2, 0.25) is 0 Å². The zero-order chi connectivity index (χ0) is 17.4. The lowest BCUT2D eigenvalue weighted by atomic mass is 9.79. The predicted molar refractivity (Wildman–Crippen MR) is 94.2 cm³/mol. The molecule has 1 aromatic rings. The summed E-state index contributed by atoms with van der Waals surface area (Å²) in [6.45, 7) is 9.99. The molecule has 0 bridgehead atoms. The standard InChI is InChI=1S/C17H25BN4O2/c1-16(2)17(3,4)24-18(23-16)13-8-12(9-19)15(21-10-13)22-14-6-5-7-20-11-14/h8,10,14,20H,5-7,11H2,1-4H3,(H,21,22). The summed E-state index contributed by atoms with van der Waals surface area (Å²) >= 11 is 0.